The van der Waals surface area contributed by atoms with Gasteiger partial charge in [-0.05, 0) is 5.92 Å². The Labute approximate surface area is 69.6 Å². The maximum absolute atomic E-state index is 4.89. The first-order valence-corrected chi connectivity index (χ1v) is 3.84. The summed E-state index contributed by atoms with van der Waals surface area (Å²) in [6.45, 7) is 4.12. The van der Waals surface area contributed by atoms with Crippen molar-refractivity contribution in [1.82, 2.24) is 15.1 Å². The fourth-order valence-corrected chi connectivity index (χ4v) is 0.954. The Bertz CT molecular complexity index is 394. The molecule has 0 spiro atoms. The van der Waals surface area contributed by atoms with E-state index in [0.717, 1.165) is 5.69 Å². The van der Waals surface area contributed by atoms with E-state index >= 15 is 0 Å². The zero-order valence-electron chi connectivity index (χ0n) is 6.98. The van der Waals surface area contributed by atoms with Crippen LogP contribution in [0.1, 0.15) is 25.5 Å². The minimum absolute atomic E-state index is 0.368. The summed E-state index contributed by atoms with van der Waals surface area (Å²) < 4.78 is 4.89. The van der Waals surface area contributed by atoms with Crippen LogP contribution in [0.15, 0.2) is 16.9 Å². The second-order valence-corrected chi connectivity index (χ2v) is 2.97. The summed E-state index contributed by atoms with van der Waals surface area (Å²) >= 11 is 0. The van der Waals surface area contributed by atoms with E-state index in [-0.39, 0.29) is 0 Å². The van der Waals surface area contributed by atoms with E-state index in [4.69, 9.17) is 4.52 Å². The quantitative estimate of drug-likeness (QED) is 0.642. The van der Waals surface area contributed by atoms with Gasteiger partial charge >= 0.3 is 0 Å². The van der Waals surface area contributed by atoms with Crippen molar-refractivity contribution in [2.75, 3.05) is 0 Å². The van der Waals surface area contributed by atoms with Crippen molar-refractivity contribution in [3.05, 3.63) is 18.1 Å². The van der Waals surface area contributed by atoms with Crippen molar-refractivity contribution in [3.63, 3.8) is 0 Å². The molecule has 0 N–H and O–H groups in total. The Balaban J connectivity index is 2.60. The molecular formula is C8H9N3O. The van der Waals surface area contributed by atoms with Crippen molar-refractivity contribution < 1.29 is 4.52 Å². The third-order valence-corrected chi connectivity index (χ3v) is 1.69. The van der Waals surface area contributed by atoms with E-state index in [1.54, 1.807) is 12.4 Å². The summed E-state index contributed by atoms with van der Waals surface area (Å²) in [4.78, 5) is 8.39. The third kappa shape index (κ3) is 1.05. The highest BCUT2D eigenvalue weighted by Gasteiger charge is 2.05. The van der Waals surface area contributed by atoms with Gasteiger partial charge in [-0.2, -0.15) is 0 Å². The number of nitrogens with zero attached hydrogens (tertiary/aromatic N) is 3. The van der Waals surface area contributed by atoms with E-state index in [0.29, 0.717) is 17.1 Å². The van der Waals surface area contributed by atoms with E-state index < -0.39 is 0 Å². The molecule has 0 unspecified atom stereocenters. The maximum Gasteiger partial charge on any atom is 0.276 e. The topological polar surface area (TPSA) is 51.8 Å². The molecule has 0 aliphatic carbocycles. The summed E-state index contributed by atoms with van der Waals surface area (Å²) in [6.07, 6.45) is 3.32. The van der Waals surface area contributed by atoms with Gasteiger partial charge < -0.3 is 4.52 Å². The van der Waals surface area contributed by atoms with E-state index in [1.165, 1.54) is 0 Å². The molecular weight excluding hydrogens is 154 g/mol. The first-order valence-electron chi connectivity index (χ1n) is 3.84. The Morgan fingerprint density at radius 2 is 2.17 bits per heavy atom. The van der Waals surface area contributed by atoms with Crippen LogP contribution in [-0.4, -0.2) is 15.1 Å². The lowest BCUT2D eigenvalue weighted by Crippen LogP contribution is -1.92. The molecule has 0 fully saturated rings. The van der Waals surface area contributed by atoms with Crippen LogP contribution in [0.2, 0.25) is 0 Å². The van der Waals surface area contributed by atoms with E-state index in [2.05, 4.69) is 29.0 Å². The van der Waals surface area contributed by atoms with Gasteiger partial charge in [-0.1, -0.05) is 19.0 Å². The molecule has 0 amide bonds. The lowest BCUT2D eigenvalue weighted by Gasteiger charge is -2.00. The number of rotatable bonds is 1. The van der Waals surface area contributed by atoms with Crippen LogP contribution in [0, 0.1) is 0 Å². The Morgan fingerprint density at radius 1 is 1.33 bits per heavy atom. The molecule has 2 heterocycles. The van der Waals surface area contributed by atoms with Gasteiger partial charge in [0.25, 0.3) is 5.71 Å². The lowest BCUT2D eigenvalue weighted by molar-refractivity contribution is 0.447. The molecule has 4 nitrogen and oxygen atoms in total. The zero-order chi connectivity index (χ0) is 8.55. The fourth-order valence-electron chi connectivity index (χ4n) is 0.954. The average Bonchev–Trinajstić information content (AvgIpc) is 2.49. The molecule has 0 radical (unpaired) electrons. The molecule has 2 rings (SSSR count). The Hall–Kier alpha value is -1.45. The highest BCUT2D eigenvalue weighted by Crippen LogP contribution is 2.13. The number of fused-ring (bicyclic) bond motifs is 1. The first-order chi connectivity index (χ1) is 5.77. The van der Waals surface area contributed by atoms with Crippen molar-refractivity contribution in [1.29, 1.82) is 0 Å². The standard InChI is InChI=1S/C8H9N3O/c1-5(2)6-3-9-7-4-10-12-8(7)11-6/h3-5H,1-2H3. The molecule has 12 heavy (non-hydrogen) atoms. The van der Waals surface area contributed by atoms with Gasteiger partial charge in [0.15, 0.2) is 0 Å². The highest BCUT2D eigenvalue weighted by molar-refractivity contribution is 5.65. The van der Waals surface area contributed by atoms with Gasteiger partial charge in [0, 0.05) is 6.20 Å². The van der Waals surface area contributed by atoms with Crippen LogP contribution in [0.4, 0.5) is 0 Å². The third-order valence-electron chi connectivity index (χ3n) is 1.69. The van der Waals surface area contributed by atoms with Gasteiger partial charge in [-0.3, -0.25) is 0 Å². The van der Waals surface area contributed by atoms with Crippen molar-refractivity contribution in [2.45, 2.75) is 19.8 Å². The number of hydrogen-bond acceptors (Lipinski definition) is 4. The number of hydrogen-bond donors (Lipinski definition) is 0. The lowest BCUT2D eigenvalue weighted by atomic mass is 10.1. The molecule has 0 saturated carbocycles. The predicted molar refractivity (Wildman–Crippen MR) is 43.7 cm³/mol. The van der Waals surface area contributed by atoms with Gasteiger partial charge in [0.05, 0.1) is 11.9 Å². The van der Waals surface area contributed by atoms with Crippen LogP contribution in [0.25, 0.3) is 11.2 Å². The smallest absolute Gasteiger partial charge is 0.276 e. The second-order valence-electron chi connectivity index (χ2n) is 2.97. The summed E-state index contributed by atoms with van der Waals surface area (Å²) in [5, 5.41) is 3.60. The molecule has 0 saturated heterocycles. The Morgan fingerprint density at radius 3 is 2.92 bits per heavy atom. The second kappa shape index (κ2) is 2.55. The maximum atomic E-state index is 4.89. The summed E-state index contributed by atoms with van der Waals surface area (Å²) in [7, 11) is 0. The van der Waals surface area contributed by atoms with Crippen molar-refractivity contribution in [2.24, 2.45) is 0 Å². The zero-order valence-corrected chi connectivity index (χ0v) is 6.98. The van der Waals surface area contributed by atoms with Crippen LogP contribution in [0.5, 0.6) is 0 Å². The largest absolute Gasteiger partial charge is 0.334 e. The Kier molecular flexibility index (Phi) is 1.53. The van der Waals surface area contributed by atoms with Crippen molar-refractivity contribution >= 4 is 11.2 Å². The highest BCUT2D eigenvalue weighted by atomic mass is 16.5. The summed E-state index contributed by atoms with van der Waals surface area (Å²) in [5.41, 5.74) is 2.15. The summed E-state index contributed by atoms with van der Waals surface area (Å²) in [5.74, 6) is 0.368. The molecule has 0 atom stereocenters. The molecule has 0 aromatic carbocycles. The monoisotopic (exact) mass is 163 g/mol. The molecule has 2 aromatic heterocycles. The van der Waals surface area contributed by atoms with Crippen LogP contribution in [0.3, 0.4) is 0 Å². The SMILES string of the molecule is CC(C)c1cnc2cnoc2n1. The fraction of sp³-hybridized carbons (Fsp3) is 0.375. The number of aromatic nitrogens is 3. The predicted octanol–water partition coefficient (Wildman–Crippen LogP) is 1.74. The minimum atomic E-state index is 0.368. The van der Waals surface area contributed by atoms with Gasteiger partial charge in [-0.15, -0.1) is 0 Å². The molecule has 2 aromatic rings. The van der Waals surface area contributed by atoms with Gasteiger partial charge in [-0.25, -0.2) is 9.97 Å². The molecule has 4 heteroatoms. The van der Waals surface area contributed by atoms with Gasteiger partial charge in [0.1, 0.15) is 5.52 Å². The van der Waals surface area contributed by atoms with Crippen LogP contribution in [-0.2, 0) is 0 Å². The average molecular weight is 163 g/mol. The van der Waals surface area contributed by atoms with E-state index in [1.807, 2.05) is 0 Å². The molecule has 0 bridgehead atoms. The van der Waals surface area contributed by atoms with Crippen LogP contribution >= 0.6 is 0 Å². The summed E-state index contributed by atoms with van der Waals surface area (Å²) in [6, 6.07) is 0. The van der Waals surface area contributed by atoms with Crippen LogP contribution < -0.4 is 0 Å². The molecule has 0 aliphatic rings. The normalized spacial score (nSPS) is 11.2. The molecule has 62 valence electrons. The molecule has 0 aliphatic heterocycles. The first kappa shape index (κ1) is 7.21. The van der Waals surface area contributed by atoms with Gasteiger partial charge in [0.2, 0.25) is 0 Å². The van der Waals surface area contributed by atoms with Crippen molar-refractivity contribution in [3.8, 4) is 0 Å². The van der Waals surface area contributed by atoms with E-state index in [9.17, 15) is 0 Å². The minimum Gasteiger partial charge on any atom is -0.334 e.